The Morgan fingerprint density at radius 1 is 1.15 bits per heavy atom. The van der Waals surface area contributed by atoms with E-state index in [1.165, 1.54) is 24.7 Å². The lowest BCUT2D eigenvalue weighted by molar-refractivity contribution is -0.274. The van der Waals surface area contributed by atoms with Gasteiger partial charge in [-0.05, 0) is 43.8 Å². The van der Waals surface area contributed by atoms with Gasteiger partial charge in [-0.3, -0.25) is 4.79 Å². The van der Waals surface area contributed by atoms with Gasteiger partial charge in [0.2, 0.25) is 0 Å². The molecule has 1 aliphatic rings. The fraction of sp³-hybridized carbons (Fsp3) is 0.273. The highest BCUT2D eigenvalue weighted by Gasteiger charge is 2.31. The molecule has 33 heavy (non-hydrogen) atoms. The second-order valence-corrected chi connectivity index (χ2v) is 7.47. The molecule has 3 heterocycles. The number of carbonyl (C=O) groups excluding carboxylic acids is 1. The topological polar surface area (TPSA) is 92.3 Å². The van der Waals surface area contributed by atoms with Crippen molar-refractivity contribution in [2.75, 3.05) is 30.4 Å². The predicted octanol–water partition coefficient (Wildman–Crippen LogP) is 3.49. The van der Waals surface area contributed by atoms with E-state index in [0.29, 0.717) is 17.3 Å². The van der Waals surface area contributed by atoms with E-state index in [1.807, 2.05) is 7.05 Å². The Balaban J connectivity index is 1.57. The molecule has 8 nitrogen and oxygen atoms in total. The first kappa shape index (κ1) is 22.5. The number of carbonyl (C=O) groups is 1. The highest BCUT2D eigenvalue weighted by atomic mass is 19.4. The monoisotopic (exact) mass is 458 g/mol. The van der Waals surface area contributed by atoms with E-state index < -0.39 is 12.3 Å². The second-order valence-electron chi connectivity index (χ2n) is 7.47. The van der Waals surface area contributed by atoms with Crippen molar-refractivity contribution in [2.45, 2.75) is 18.8 Å². The molecule has 1 fully saturated rings. The molecule has 0 spiro atoms. The van der Waals surface area contributed by atoms with Crippen molar-refractivity contribution in [3.8, 4) is 16.9 Å². The average molecular weight is 458 g/mol. The Hall–Kier alpha value is -3.73. The molecule has 1 saturated heterocycles. The molecule has 4 rings (SSSR count). The molecule has 0 aliphatic carbocycles. The van der Waals surface area contributed by atoms with E-state index in [-0.39, 0.29) is 11.3 Å². The maximum absolute atomic E-state index is 12.8. The van der Waals surface area contributed by atoms with Crippen LogP contribution in [0.3, 0.4) is 0 Å². The summed E-state index contributed by atoms with van der Waals surface area (Å²) in [5.41, 5.74) is 2.04. The summed E-state index contributed by atoms with van der Waals surface area (Å²) < 4.78 is 40.8. The van der Waals surface area contributed by atoms with Gasteiger partial charge in [-0.2, -0.15) is 0 Å². The standard InChI is InChI=1S/C22H21F3N6O2/c1-26-17-6-7-31(12-17)20-19(15-9-27-13-28-10-15)8-14(11-29-20)21(32)30-16-2-4-18(5-3-16)33-22(23,24)25/h2-5,8-11,13,17,26H,6-7,12H2,1H3,(H,30,32). The van der Waals surface area contributed by atoms with Crippen LogP contribution in [-0.4, -0.2) is 53.4 Å². The first-order chi connectivity index (χ1) is 15.8. The number of nitrogens with zero attached hydrogens (tertiary/aromatic N) is 4. The van der Waals surface area contributed by atoms with Gasteiger partial charge in [-0.1, -0.05) is 0 Å². The lowest BCUT2D eigenvalue weighted by Crippen LogP contribution is -2.30. The lowest BCUT2D eigenvalue weighted by atomic mass is 10.1. The number of hydrogen-bond donors (Lipinski definition) is 2. The van der Waals surface area contributed by atoms with E-state index in [1.54, 1.807) is 18.5 Å². The minimum atomic E-state index is -4.78. The molecule has 11 heteroatoms. The molecule has 1 unspecified atom stereocenters. The van der Waals surface area contributed by atoms with Gasteiger partial charge in [0.15, 0.2) is 0 Å². The molecule has 0 bridgehead atoms. The molecule has 1 atom stereocenters. The smallest absolute Gasteiger partial charge is 0.406 e. The molecule has 0 saturated carbocycles. The normalized spacial score (nSPS) is 16.0. The summed E-state index contributed by atoms with van der Waals surface area (Å²) in [7, 11) is 1.92. The van der Waals surface area contributed by atoms with Gasteiger partial charge in [-0.25, -0.2) is 15.0 Å². The summed E-state index contributed by atoms with van der Waals surface area (Å²) in [6.45, 7) is 1.60. The van der Waals surface area contributed by atoms with Gasteiger partial charge in [-0.15, -0.1) is 13.2 Å². The largest absolute Gasteiger partial charge is 0.573 e. The Kier molecular flexibility index (Phi) is 6.40. The summed E-state index contributed by atoms with van der Waals surface area (Å²) in [6, 6.07) is 6.97. The minimum Gasteiger partial charge on any atom is -0.406 e. The van der Waals surface area contributed by atoms with Crippen molar-refractivity contribution in [3.05, 3.63) is 60.8 Å². The number of anilines is 2. The third kappa shape index (κ3) is 5.55. The number of aromatic nitrogens is 3. The number of alkyl halides is 3. The van der Waals surface area contributed by atoms with Crippen molar-refractivity contribution >= 4 is 17.4 Å². The number of rotatable bonds is 6. The second kappa shape index (κ2) is 9.41. The molecular weight excluding hydrogens is 437 g/mol. The SMILES string of the molecule is CNC1CCN(c2ncc(C(=O)Nc3ccc(OC(F)(F)F)cc3)cc2-c2cncnc2)C1. The molecule has 0 radical (unpaired) electrons. The van der Waals surface area contributed by atoms with Gasteiger partial charge in [0.1, 0.15) is 17.9 Å². The highest BCUT2D eigenvalue weighted by Crippen LogP contribution is 2.31. The molecule has 1 amide bonds. The Labute approximate surface area is 187 Å². The number of hydrogen-bond acceptors (Lipinski definition) is 7. The van der Waals surface area contributed by atoms with E-state index in [0.717, 1.165) is 43.0 Å². The maximum atomic E-state index is 12.8. The van der Waals surface area contributed by atoms with Crippen molar-refractivity contribution in [1.82, 2.24) is 20.3 Å². The Bertz CT molecular complexity index is 1110. The number of nitrogens with one attached hydrogen (secondary N) is 2. The van der Waals surface area contributed by atoms with Crippen molar-refractivity contribution in [2.24, 2.45) is 0 Å². The third-order valence-corrected chi connectivity index (χ3v) is 5.24. The zero-order valence-corrected chi connectivity index (χ0v) is 17.6. The van der Waals surface area contributed by atoms with E-state index in [9.17, 15) is 18.0 Å². The molecule has 2 N–H and O–H groups in total. The Morgan fingerprint density at radius 2 is 1.88 bits per heavy atom. The summed E-state index contributed by atoms with van der Waals surface area (Å²) >= 11 is 0. The molecule has 2 aromatic heterocycles. The third-order valence-electron chi connectivity index (χ3n) is 5.24. The Morgan fingerprint density at radius 3 is 2.52 bits per heavy atom. The predicted molar refractivity (Wildman–Crippen MR) is 116 cm³/mol. The summed E-state index contributed by atoms with van der Waals surface area (Å²) in [4.78, 5) is 27.7. The van der Waals surface area contributed by atoms with Crippen LogP contribution >= 0.6 is 0 Å². The zero-order chi connectivity index (χ0) is 23.4. The first-order valence-corrected chi connectivity index (χ1v) is 10.2. The summed E-state index contributed by atoms with van der Waals surface area (Å²) in [5, 5.41) is 5.93. The first-order valence-electron chi connectivity index (χ1n) is 10.2. The molecule has 1 aromatic carbocycles. The van der Waals surface area contributed by atoms with Gasteiger partial charge in [0.05, 0.1) is 5.56 Å². The number of benzene rings is 1. The van der Waals surface area contributed by atoms with Crippen LogP contribution < -0.4 is 20.3 Å². The van der Waals surface area contributed by atoms with Gasteiger partial charge >= 0.3 is 6.36 Å². The average Bonchev–Trinajstić information content (AvgIpc) is 3.29. The zero-order valence-electron chi connectivity index (χ0n) is 17.6. The van der Waals surface area contributed by atoms with Crippen molar-refractivity contribution < 1.29 is 22.7 Å². The van der Waals surface area contributed by atoms with Gasteiger partial charge < -0.3 is 20.3 Å². The summed E-state index contributed by atoms with van der Waals surface area (Å²) in [5.74, 6) is -0.0951. The van der Waals surface area contributed by atoms with Crippen LogP contribution in [-0.2, 0) is 0 Å². The number of ether oxygens (including phenoxy) is 1. The minimum absolute atomic E-state index is 0.289. The van der Waals surface area contributed by atoms with Crippen LogP contribution in [0, 0.1) is 0 Å². The van der Waals surface area contributed by atoms with E-state index in [4.69, 9.17) is 0 Å². The number of pyridine rings is 1. The van der Waals surface area contributed by atoms with Crippen LogP contribution in [0.4, 0.5) is 24.7 Å². The molecule has 3 aromatic rings. The molecule has 172 valence electrons. The van der Waals surface area contributed by atoms with Crippen LogP contribution in [0.1, 0.15) is 16.8 Å². The molecule has 1 aliphatic heterocycles. The number of amides is 1. The van der Waals surface area contributed by atoms with Crippen LogP contribution in [0.25, 0.3) is 11.1 Å². The number of likely N-dealkylation sites (N-methyl/N-ethyl adjacent to an activating group) is 1. The number of halogens is 3. The quantitative estimate of drug-likeness (QED) is 0.584. The van der Waals surface area contributed by atoms with Gasteiger partial charge in [0.25, 0.3) is 5.91 Å². The van der Waals surface area contributed by atoms with Crippen molar-refractivity contribution in [3.63, 3.8) is 0 Å². The van der Waals surface area contributed by atoms with E-state index >= 15 is 0 Å². The van der Waals surface area contributed by atoms with Crippen LogP contribution in [0.5, 0.6) is 5.75 Å². The fourth-order valence-corrected chi connectivity index (χ4v) is 3.62. The molecular formula is C22H21F3N6O2. The summed E-state index contributed by atoms with van der Waals surface area (Å²) in [6.07, 6.45) is 2.40. The van der Waals surface area contributed by atoms with Crippen LogP contribution in [0.15, 0.2) is 55.2 Å². The van der Waals surface area contributed by atoms with Crippen molar-refractivity contribution in [1.29, 1.82) is 0 Å². The maximum Gasteiger partial charge on any atom is 0.573 e. The lowest BCUT2D eigenvalue weighted by Gasteiger charge is -2.21. The van der Waals surface area contributed by atoms with Crippen LogP contribution in [0.2, 0.25) is 0 Å². The van der Waals surface area contributed by atoms with E-state index in [2.05, 4.69) is 35.2 Å². The fourth-order valence-electron chi connectivity index (χ4n) is 3.62. The highest BCUT2D eigenvalue weighted by molar-refractivity contribution is 6.05. The van der Waals surface area contributed by atoms with Gasteiger partial charge in [0, 0.05) is 54.5 Å².